The van der Waals surface area contributed by atoms with Crippen molar-refractivity contribution in [2.45, 2.75) is 45.0 Å². The number of benzene rings is 1. The molecule has 134 valence electrons. The molecule has 0 radical (unpaired) electrons. The zero-order valence-corrected chi connectivity index (χ0v) is 14.9. The van der Waals surface area contributed by atoms with E-state index in [1.807, 2.05) is 45.0 Å². The van der Waals surface area contributed by atoms with Crippen molar-refractivity contribution in [3.8, 4) is 0 Å². The quantitative estimate of drug-likeness (QED) is 0.849. The third-order valence-electron chi connectivity index (χ3n) is 5.36. The normalized spacial score (nSPS) is 33.7. The monoisotopic (exact) mass is 344 g/mol. The van der Waals surface area contributed by atoms with Gasteiger partial charge in [0, 0.05) is 22.1 Å². The molecule has 5 heteroatoms. The summed E-state index contributed by atoms with van der Waals surface area (Å²) in [6.45, 7) is 6.43. The van der Waals surface area contributed by atoms with Crippen LogP contribution in [-0.4, -0.2) is 36.3 Å². The third-order valence-corrected chi connectivity index (χ3v) is 5.36. The number of hydrogen-bond acceptors (Lipinski definition) is 5. The van der Waals surface area contributed by atoms with E-state index in [2.05, 4.69) is 0 Å². The lowest BCUT2D eigenvalue weighted by Crippen LogP contribution is -2.55. The van der Waals surface area contributed by atoms with E-state index < -0.39 is 11.2 Å². The van der Waals surface area contributed by atoms with Crippen LogP contribution in [0.3, 0.4) is 0 Å². The molecular weight excluding hydrogens is 320 g/mol. The summed E-state index contributed by atoms with van der Waals surface area (Å²) in [5.74, 6) is -0.934. The number of aliphatic hydroxyl groups excluding tert-OH is 1. The minimum atomic E-state index is -1.42. The Kier molecular flexibility index (Phi) is 3.62. The molecule has 1 aromatic rings. The second kappa shape index (κ2) is 5.40. The number of carbonyl (C=O) groups is 1. The molecule has 1 saturated heterocycles. The van der Waals surface area contributed by atoms with Crippen LogP contribution in [0.5, 0.6) is 0 Å². The highest BCUT2D eigenvalue weighted by atomic mass is 16.7. The second-order valence-electron chi connectivity index (χ2n) is 8.21. The van der Waals surface area contributed by atoms with E-state index in [0.29, 0.717) is 23.3 Å². The molecule has 2 heterocycles. The summed E-state index contributed by atoms with van der Waals surface area (Å²) < 4.78 is 18.2. The van der Waals surface area contributed by atoms with E-state index in [9.17, 15) is 9.90 Å². The first-order chi connectivity index (χ1) is 11.8. The Hall–Kier alpha value is -1.69. The number of Topliss-reactive ketones (excluding diaryl/α,β-unsaturated/α-hetero) is 1. The van der Waals surface area contributed by atoms with E-state index >= 15 is 0 Å². The van der Waals surface area contributed by atoms with E-state index in [1.54, 1.807) is 0 Å². The minimum absolute atomic E-state index is 0.0514. The first-order valence-electron chi connectivity index (χ1n) is 8.76. The molecule has 3 aliphatic rings. The van der Waals surface area contributed by atoms with Gasteiger partial charge in [0.15, 0.2) is 0 Å². The first-order valence-corrected chi connectivity index (χ1v) is 8.76. The molecule has 5 nitrogen and oxygen atoms in total. The van der Waals surface area contributed by atoms with Gasteiger partial charge in [0.2, 0.25) is 5.78 Å². The smallest absolute Gasteiger partial charge is 0.261 e. The molecule has 0 amide bonds. The Morgan fingerprint density at radius 2 is 1.80 bits per heavy atom. The summed E-state index contributed by atoms with van der Waals surface area (Å²) in [4.78, 5) is 13.4. The topological polar surface area (TPSA) is 65.0 Å². The van der Waals surface area contributed by atoms with Gasteiger partial charge in [0.05, 0.1) is 19.8 Å². The fourth-order valence-corrected chi connectivity index (χ4v) is 3.66. The van der Waals surface area contributed by atoms with Gasteiger partial charge in [-0.15, -0.1) is 0 Å². The average molecular weight is 344 g/mol. The van der Waals surface area contributed by atoms with E-state index in [-0.39, 0.29) is 31.2 Å². The van der Waals surface area contributed by atoms with Crippen LogP contribution < -0.4 is 0 Å². The molecule has 1 N–H and O–H groups in total. The van der Waals surface area contributed by atoms with Crippen LogP contribution in [0.25, 0.3) is 5.76 Å². The number of ketones is 1. The first kappa shape index (κ1) is 16.8. The van der Waals surface area contributed by atoms with Gasteiger partial charge in [-0.2, -0.15) is 0 Å². The number of fused-ring (bicyclic) bond motifs is 3. The number of hydrogen-bond donors (Lipinski definition) is 1. The molecule has 1 fully saturated rings. The molecule has 4 rings (SSSR count). The molecule has 0 unspecified atom stereocenters. The van der Waals surface area contributed by atoms with Crippen molar-refractivity contribution in [1.82, 2.24) is 0 Å². The van der Waals surface area contributed by atoms with Gasteiger partial charge >= 0.3 is 0 Å². The molecular formula is C20H24O5. The van der Waals surface area contributed by atoms with Crippen molar-refractivity contribution in [1.29, 1.82) is 0 Å². The summed E-state index contributed by atoms with van der Waals surface area (Å²) >= 11 is 0. The molecule has 25 heavy (non-hydrogen) atoms. The summed E-state index contributed by atoms with van der Waals surface area (Å²) in [6.07, 6.45) is 1.41. The standard InChI is InChI=1S/C20H24O5/c1-18(2)9-8-14-16(25-18)13-6-4-5-7-15(13)20(17(14)22)23-11-19(3,10-21)12-24-20/h4-7,21H,8-12H2,1-3H3. The van der Waals surface area contributed by atoms with Crippen LogP contribution in [0, 0.1) is 5.41 Å². The average Bonchev–Trinajstić information content (AvgIpc) is 2.61. The van der Waals surface area contributed by atoms with Crippen molar-refractivity contribution in [2.24, 2.45) is 5.41 Å². The lowest BCUT2D eigenvalue weighted by atomic mass is 9.78. The van der Waals surface area contributed by atoms with E-state index in [0.717, 1.165) is 12.0 Å². The van der Waals surface area contributed by atoms with Gasteiger partial charge in [-0.05, 0) is 26.7 Å². The Labute approximate surface area is 147 Å². The van der Waals surface area contributed by atoms with Crippen molar-refractivity contribution in [3.05, 3.63) is 41.0 Å². The predicted molar refractivity (Wildman–Crippen MR) is 91.5 cm³/mol. The molecule has 0 bridgehead atoms. The molecule has 0 atom stereocenters. The second-order valence-corrected chi connectivity index (χ2v) is 8.21. The molecule has 0 aromatic heterocycles. The van der Waals surface area contributed by atoms with Gasteiger partial charge < -0.3 is 19.3 Å². The van der Waals surface area contributed by atoms with Crippen molar-refractivity contribution >= 4 is 11.5 Å². The maximum absolute atomic E-state index is 13.4. The van der Waals surface area contributed by atoms with Crippen molar-refractivity contribution < 1.29 is 24.1 Å². The van der Waals surface area contributed by atoms with E-state index in [4.69, 9.17) is 14.2 Å². The van der Waals surface area contributed by atoms with Crippen LogP contribution in [-0.2, 0) is 24.8 Å². The van der Waals surface area contributed by atoms with E-state index in [1.165, 1.54) is 0 Å². The van der Waals surface area contributed by atoms with Crippen molar-refractivity contribution in [2.75, 3.05) is 19.8 Å². The Morgan fingerprint density at radius 1 is 1.12 bits per heavy atom. The minimum Gasteiger partial charge on any atom is -0.487 e. The van der Waals surface area contributed by atoms with Crippen LogP contribution >= 0.6 is 0 Å². The fourth-order valence-electron chi connectivity index (χ4n) is 3.66. The summed E-state index contributed by atoms with van der Waals surface area (Å²) in [5.41, 5.74) is 1.39. The van der Waals surface area contributed by atoms with Gasteiger partial charge in [-0.1, -0.05) is 31.2 Å². The lowest BCUT2D eigenvalue weighted by molar-refractivity contribution is -0.295. The summed E-state index contributed by atoms with van der Waals surface area (Å²) in [6, 6.07) is 7.62. The molecule has 2 aliphatic heterocycles. The van der Waals surface area contributed by atoms with Gasteiger partial charge in [0.25, 0.3) is 5.79 Å². The lowest BCUT2D eigenvalue weighted by Gasteiger charge is -2.47. The predicted octanol–water partition coefficient (Wildman–Crippen LogP) is 2.77. The highest BCUT2D eigenvalue weighted by Gasteiger charge is 2.55. The van der Waals surface area contributed by atoms with Crippen LogP contribution in [0.2, 0.25) is 0 Å². The van der Waals surface area contributed by atoms with Crippen LogP contribution in [0.1, 0.15) is 44.7 Å². The Balaban J connectivity index is 1.82. The zero-order valence-electron chi connectivity index (χ0n) is 14.9. The molecule has 1 spiro atoms. The highest BCUT2D eigenvalue weighted by Crippen LogP contribution is 2.50. The fraction of sp³-hybridized carbons (Fsp3) is 0.550. The molecule has 1 aliphatic carbocycles. The number of carbonyl (C=O) groups excluding carboxylic acids is 1. The maximum atomic E-state index is 13.4. The van der Waals surface area contributed by atoms with Crippen LogP contribution in [0.15, 0.2) is 29.8 Å². The van der Waals surface area contributed by atoms with Crippen LogP contribution in [0.4, 0.5) is 0 Å². The highest BCUT2D eigenvalue weighted by molar-refractivity contribution is 6.10. The molecule has 0 saturated carbocycles. The number of aliphatic hydroxyl groups is 1. The van der Waals surface area contributed by atoms with Gasteiger partial charge in [-0.25, -0.2) is 0 Å². The maximum Gasteiger partial charge on any atom is 0.261 e. The summed E-state index contributed by atoms with van der Waals surface area (Å²) in [5, 5.41) is 9.57. The largest absolute Gasteiger partial charge is 0.487 e. The van der Waals surface area contributed by atoms with Crippen molar-refractivity contribution in [3.63, 3.8) is 0 Å². The van der Waals surface area contributed by atoms with Gasteiger partial charge in [0.1, 0.15) is 11.4 Å². The number of ether oxygens (including phenoxy) is 3. The SMILES string of the molecule is CC1(CO)COC2(OC1)C(=O)C1=C(OC(C)(C)CC1)c1ccccc12. The number of rotatable bonds is 1. The molecule has 1 aromatic carbocycles. The summed E-state index contributed by atoms with van der Waals surface area (Å²) in [7, 11) is 0. The third kappa shape index (κ3) is 2.45. The Bertz CT molecular complexity index is 753. The zero-order chi connectivity index (χ0) is 17.9. The van der Waals surface area contributed by atoms with Gasteiger partial charge in [-0.3, -0.25) is 4.79 Å². The Morgan fingerprint density at radius 3 is 2.48 bits per heavy atom.